The molecular formula is C38H32N4O3S. The highest BCUT2D eigenvalue weighted by atomic mass is 32.1. The largest absolute Gasteiger partial charge is 0.497 e. The van der Waals surface area contributed by atoms with Gasteiger partial charge in [-0.05, 0) is 61.4 Å². The quantitative estimate of drug-likeness (QED) is 0.230. The molecule has 7 rings (SSSR count). The van der Waals surface area contributed by atoms with Gasteiger partial charge < -0.3 is 14.6 Å². The number of carbonyl (C=O) groups excluding carboxylic acids is 1. The minimum Gasteiger partial charge on any atom is -0.497 e. The first-order chi connectivity index (χ1) is 22.4. The van der Waals surface area contributed by atoms with Crippen molar-refractivity contribution in [2.24, 2.45) is 4.99 Å². The van der Waals surface area contributed by atoms with Crippen LogP contribution in [0.15, 0.2) is 130 Å². The topological polar surface area (TPSA) is 77.6 Å². The number of hydrogen-bond acceptors (Lipinski definition) is 5. The zero-order valence-corrected chi connectivity index (χ0v) is 26.5. The lowest BCUT2D eigenvalue weighted by Gasteiger charge is -2.25. The van der Waals surface area contributed by atoms with Gasteiger partial charge in [0.05, 0.1) is 29.0 Å². The van der Waals surface area contributed by atoms with Crippen LogP contribution in [-0.4, -0.2) is 22.2 Å². The summed E-state index contributed by atoms with van der Waals surface area (Å²) in [5.74, 6) is 0.386. The molecule has 0 saturated heterocycles. The first kappa shape index (κ1) is 29.3. The maximum absolute atomic E-state index is 14.4. The Kier molecular flexibility index (Phi) is 7.72. The van der Waals surface area contributed by atoms with Gasteiger partial charge in [0.1, 0.15) is 5.75 Å². The van der Waals surface area contributed by atoms with Crippen molar-refractivity contribution in [3.8, 4) is 5.75 Å². The van der Waals surface area contributed by atoms with Gasteiger partial charge in [0.2, 0.25) is 0 Å². The summed E-state index contributed by atoms with van der Waals surface area (Å²) in [5, 5.41) is 4.08. The van der Waals surface area contributed by atoms with Crippen LogP contribution in [0.5, 0.6) is 5.75 Å². The van der Waals surface area contributed by atoms with Gasteiger partial charge in [-0.2, -0.15) is 0 Å². The Hall–Kier alpha value is -5.47. The number of amides is 1. The second-order valence-electron chi connectivity index (χ2n) is 11.3. The first-order valence-electron chi connectivity index (χ1n) is 15.1. The molecule has 0 aliphatic carbocycles. The molecule has 46 heavy (non-hydrogen) atoms. The van der Waals surface area contributed by atoms with Crippen molar-refractivity contribution in [2.45, 2.75) is 26.4 Å². The van der Waals surface area contributed by atoms with Crippen LogP contribution >= 0.6 is 11.3 Å². The second kappa shape index (κ2) is 12.1. The number of methoxy groups -OCH3 is 1. The molecule has 1 atom stereocenters. The monoisotopic (exact) mass is 624 g/mol. The Morgan fingerprint density at radius 3 is 2.30 bits per heavy atom. The van der Waals surface area contributed by atoms with Crippen molar-refractivity contribution >= 4 is 39.9 Å². The van der Waals surface area contributed by atoms with E-state index in [1.165, 1.54) is 16.9 Å². The lowest BCUT2D eigenvalue weighted by atomic mass is 9.95. The number of anilines is 1. The van der Waals surface area contributed by atoms with Crippen molar-refractivity contribution in [1.82, 2.24) is 9.13 Å². The molecule has 1 aliphatic rings. The van der Waals surface area contributed by atoms with Gasteiger partial charge in [0, 0.05) is 34.4 Å². The molecule has 228 valence electrons. The van der Waals surface area contributed by atoms with Crippen LogP contribution in [0.25, 0.3) is 17.0 Å². The van der Waals surface area contributed by atoms with Crippen molar-refractivity contribution in [2.75, 3.05) is 12.4 Å². The molecule has 2 aromatic heterocycles. The average molecular weight is 625 g/mol. The Morgan fingerprint density at radius 1 is 0.913 bits per heavy atom. The van der Waals surface area contributed by atoms with Gasteiger partial charge in [-0.1, -0.05) is 90.2 Å². The number of allylic oxidation sites excluding steroid dienone is 1. The fourth-order valence-corrected chi connectivity index (χ4v) is 7.20. The molecule has 0 spiro atoms. The van der Waals surface area contributed by atoms with Gasteiger partial charge in [-0.3, -0.25) is 14.2 Å². The number of carbonyl (C=O) groups is 1. The summed E-state index contributed by atoms with van der Waals surface area (Å²) in [7, 11) is 1.61. The molecule has 6 aromatic rings. The number of hydrogen-bond donors (Lipinski definition) is 1. The summed E-state index contributed by atoms with van der Waals surface area (Å²) >= 11 is 1.34. The molecule has 0 saturated carbocycles. The molecule has 3 heterocycles. The molecule has 0 fully saturated rings. The van der Waals surface area contributed by atoms with Crippen molar-refractivity contribution in [1.29, 1.82) is 0 Å². The van der Waals surface area contributed by atoms with E-state index >= 15 is 0 Å². The van der Waals surface area contributed by atoms with Crippen LogP contribution in [0, 0.1) is 6.92 Å². The van der Waals surface area contributed by atoms with Gasteiger partial charge in [0.15, 0.2) is 4.80 Å². The normalized spacial score (nSPS) is 14.7. The summed E-state index contributed by atoms with van der Waals surface area (Å²) in [6.07, 6.45) is 1.98. The number of nitrogens with one attached hydrogen (secondary N) is 1. The summed E-state index contributed by atoms with van der Waals surface area (Å²) in [6, 6.07) is 34.8. The molecule has 1 N–H and O–H groups in total. The molecule has 7 nitrogen and oxygen atoms in total. The third-order valence-corrected chi connectivity index (χ3v) is 9.45. The highest BCUT2D eigenvalue weighted by molar-refractivity contribution is 7.07. The molecule has 0 unspecified atom stereocenters. The molecule has 8 heteroatoms. The molecule has 1 amide bonds. The van der Waals surface area contributed by atoms with Crippen LogP contribution in [0.1, 0.15) is 35.3 Å². The van der Waals surface area contributed by atoms with Gasteiger partial charge in [-0.15, -0.1) is 0 Å². The van der Waals surface area contributed by atoms with Gasteiger partial charge in [0.25, 0.3) is 11.5 Å². The second-order valence-corrected chi connectivity index (χ2v) is 12.3. The zero-order chi connectivity index (χ0) is 31.8. The van der Waals surface area contributed by atoms with Crippen LogP contribution in [-0.2, 0) is 11.3 Å². The van der Waals surface area contributed by atoms with E-state index in [1.807, 2.05) is 97.9 Å². The smallest absolute Gasteiger partial charge is 0.271 e. The number of fused-ring (bicyclic) bond motifs is 2. The number of para-hydroxylation sites is 2. The SMILES string of the molecule is COc1ccc([C@@H]2C(C(=O)Nc3ccccc3)=C(C)N=c3s/c(=C/c4c(C)n(Cc5ccccc5)c5ccccc45)c(=O)n32)cc1. The Labute approximate surface area is 270 Å². The third-order valence-electron chi connectivity index (χ3n) is 8.47. The van der Waals surface area contributed by atoms with E-state index in [0.717, 1.165) is 34.3 Å². The van der Waals surface area contributed by atoms with Crippen LogP contribution < -0.4 is 24.9 Å². The van der Waals surface area contributed by atoms with E-state index in [-0.39, 0.29) is 11.5 Å². The van der Waals surface area contributed by atoms with E-state index in [1.54, 1.807) is 11.7 Å². The summed E-state index contributed by atoms with van der Waals surface area (Å²) < 4.78 is 9.91. The predicted octanol–water partition coefficient (Wildman–Crippen LogP) is 6.19. The standard InChI is InChI=1S/C38H32N4O3S/c1-24-34(36(43)40-28-14-8-5-9-15-28)35(27-18-20-29(45-3)21-19-27)42-37(44)33(46-38(42)39-24)22-31-25(2)41(23-26-12-6-4-7-13-26)32-17-11-10-16-30(31)32/h4-22,35H,23H2,1-3H3,(H,40,43)/b33-22+/t35-/m1/s1. The fourth-order valence-electron chi connectivity index (χ4n) is 6.17. The lowest BCUT2D eigenvalue weighted by Crippen LogP contribution is -2.40. The zero-order valence-electron chi connectivity index (χ0n) is 25.7. The number of aromatic nitrogens is 2. The minimum absolute atomic E-state index is 0.193. The molecule has 0 radical (unpaired) electrons. The fraction of sp³-hybridized carbons (Fsp3) is 0.132. The molecule has 1 aliphatic heterocycles. The van der Waals surface area contributed by atoms with E-state index in [0.29, 0.717) is 32.0 Å². The number of rotatable bonds is 7. The molecular weight excluding hydrogens is 593 g/mol. The van der Waals surface area contributed by atoms with E-state index in [2.05, 4.69) is 41.1 Å². The maximum Gasteiger partial charge on any atom is 0.271 e. The van der Waals surface area contributed by atoms with E-state index in [9.17, 15) is 9.59 Å². The number of nitrogens with zero attached hydrogens (tertiary/aromatic N) is 3. The predicted molar refractivity (Wildman–Crippen MR) is 184 cm³/mol. The first-order valence-corrected chi connectivity index (χ1v) is 15.9. The molecule has 4 aromatic carbocycles. The summed E-state index contributed by atoms with van der Waals surface area (Å²) in [6.45, 7) is 4.65. The number of thiazole rings is 1. The van der Waals surface area contributed by atoms with Gasteiger partial charge >= 0.3 is 0 Å². The van der Waals surface area contributed by atoms with E-state index < -0.39 is 6.04 Å². The summed E-state index contributed by atoms with van der Waals surface area (Å²) in [5.41, 5.74) is 6.63. The average Bonchev–Trinajstić information content (AvgIpc) is 3.53. The number of ether oxygens (including phenoxy) is 1. The Morgan fingerprint density at radius 2 is 1.59 bits per heavy atom. The maximum atomic E-state index is 14.4. The lowest BCUT2D eigenvalue weighted by molar-refractivity contribution is -0.113. The van der Waals surface area contributed by atoms with E-state index in [4.69, 9.17) is 9.73 Å². The van der Waals surface area contributed by atoms with Gasteiger partial charge in [-0.25, -0.2) is 4.99 Å². The highest BCUT2D eigenvalue weighted by Crippen LogP contribution is 2.32. The third kappa shape index (κ3) is 5.26. The van der Waals surface area contributed by atoms with Crippen LogP contribution in [0.2, 0.25) is 0 Å². The van der Waals surface area contributed by atoms with Crippen LogP contribution in [0.4, 0.5) is 5.69 Å². The minimum atomic E-state index is -0.673. The number of benzene rings is 4. The highest BCUT2D eigenvalue weighted by Gasteiger charge is 2.32. The molecule has 0 bridgehead atoms. The Bertz CT molecular complexity index is 2300. The van der Waals surface area contributed by atoms with Crippen molar-refractivity contribution in [3.05, 3.63) is 163 Å². The summed E-state index contributed by atoms with van der Waals surface area (Å²) in [4.78, 5) is 33.6. The van der Waals surface area contributed by atoms with Crippen molar-refractivity contribution in [3.63, 3.8) is 0 Å². The van der Waals surface area contributed by atoms with Crippen molar-refractivity contribution < 1.29 is 9.53 Å². The van der Waals surface area contributed by atoms with Crippen LogP contribution in [0.3, 0.4) is 0 Å². The Balaban J connectivity index is 1.39.